The average molecular weight is 304 g/mol. The molecule has 0 spiro atoms. The molecule has 0 unspecified atom stereocenters. The lowest BCUT2D eigenvalue weighted by atomic mass is 10.2. The van der Waals surface area contributed by atoms with E-state index in [2.05, 4.69) is 15.4 Å². The van der Waals surface area contributed by atoms with Crippen LogP contribution in [-0.4, -0.2) is 20.7 Å². The van der Waals surface area contributed by atoms with Crippen molar-refractivity contribution in [1.82, 2.24) is 14.8 Å². The fraction of sp³-hybridized carbons (Fsp3) is 0.0556. The van der Waals surface area contributed by atoms with Gasteiger partial charge in [-0.05, 0) is 23.8 Å². The number of hydrogen-bond donors (Lipinski definition) is 1. The molecule has 0 saturated heterocycles. The van der Waals surface area contributed by atoms with Gasteiger partial charge in [-0.2, -0.15) is 5.10 Å². The van der Waals surface area contributed by atoms with Gasteiger partial charge in [0.25, 0.3) is 0 Å². The highest BCUT2D eigenvalue weighted by Crippen LogP contribution is 2.08. The van der Waals surface area contributed by atoms with Crippen LogP contribution in [-0.2, 0) is 11.3 Å². The van der Waals surface area contributed by atoms with E-state index in [0.29, 0.717) is 12.2 Å². The van der Waals surface area contributed by atoms with E-state index >= 15 is 0 Å². The Hall–Kier alpha value is -3.21. The van der Waals surface area contributed by atoms with Crippen LogP contribution in [0.4, 0.5) is 5.69 Å². The maximum absolute atomic E-state index is 11.9. The van der Waals surface area contributed by atoms with Gasteiger partial charge in [0.2, 0.25) is 5.91 Å². The Balaban J connectivity index is 1.58. The van der Waals surface area contributed by atoms with Gasteiger partial charge in [0.15, 0.2) is 0 Å². The minimum Gasteiger partial charge on any atom is -0.320 e. The molecular formula is C18H16N4O. The van der Waals surface area contributed by atoms with Crippen molar-refractivity contribution in [3.05, 3.63) is 84.5 Å². The molecule has 5 heteroatoms. The Kier molecular flexibility index (Phi) is 4.59. The highest BCUT2D eigenvalue weighted by atomic mass is 16.1. The summed E-state index contributed by atoms with van der Waals surface area (Å²) in [4.78, 5) is 16.0. The fourth-order valence-corrected chi connectivity index (χ4v) is 2.10. The van der Waals surface area contributed by atoms with Crippen LogP contribution in [0.25, 0.3) is 6.08 Å². The van der Waals surface area contributed by atoms with E-state index < -0.39 is 0 Å². The van der Waals surface area contributed by atoms with E-state index in [9.17, 15) is 4.79 Å². The second kappa shape index (κ2) is 7.17. The van der Waals surface area contributed by atoms with Crippen molar-refractivity contribution in [3.63, 3.8) is 0 Å². The van der Waals surface area contributed by atoms with Gasteiger partial charge in [-0.25, -0.2) is 0 Å². The zero-order valence-electron chi connectivity index (χ0n) is 12.5. The predicted octanol–water partition coefficient (Wildman–Crippen LogP) is 2.98. The van der Waals surface area contributed by atoms with Crippen LogP contribution < -0.4 is 5.32 Å². The van der Waals surface area contributed by atoms with Crippen LogP contribution in [0.1, 0.15) is 11.3 Å². The third-order valence-electron chi connectivity index (χ3n) is 3.18. The lowest BCUT2D eigenvalue weighted by Crippen LogP contribution is -2.07. The summed E-state index contributed by atoms with van der Waals surface area (Å²) in [6, 6.07) is 15.6. The lowest BCUT2D eigenvalue weighted by molar-refractivity contribution is -0.111. The Labute approximate surface area is 134 Å². The van der Waals surface area contributed by atoms with Crippen LogP contribution in [0.3, 0.4) is 0 Å². The number of hydrogen-bond acceptors (Lipinski definition) is 3. The van der Waals surface area contributed by atoms with Gasteiger partial charge < -0.3 is 5.32 Å². The van der Waals surface area contributed by atoms with Crippen molar-refractivity contribution >= 4 is 17.7 Å². The molecule has 0 bridgehead atoms. The number of carbonyl (C=O) groups excluding carboxylic acids is 1. The van der Waals surface area contributed by atoms with Crippen LogP contribution >= 0.6 is 0 Å². The standard InChI is InChI=1S/C18H16N4O/c23-18(10-9-16-8-4-5-11-19-16)21-17-12-20-22(14-17)13-15-6-2-1-3-7-15/h1-12,14H,13H2,(H,21,23)/b10-9+. The van der Waals surface area contributed by atoms with E-state index in [1.165, 1.54) is 6.08 Å². The summed E-state index contributed by atoms with van der Waals surface area (Å²) in [5.74, 6) is -0.213. The number of rotatable bonds is 5. The molecular weight excluding hydrogens is 288 g/mol. The van der Waals surface area contributed by atoms with Gasteiger partial charge in [0, 0.05) is 18.5 Å². The second-order valence-corrected chi connectivity index (χ2v) is 4.99. The Morgan fingerprint density at radius 3 is 2.74 bits per heavy atom. The van der Waals surface area contributed by atoms with Crippen LogP contribution in [0, 0.1) is 0 Å². The zero-order chi connectivity index (χ0) is 15.9. The number of benzene rings is 1. The summed E-state index contributed by atoms with van der Waals surface area (Å²) in [6.45, 7) is 0.667. The van der Waals surface area contributed by atoms with Gasteiger partial charge in [0.1, 0.15) is 0 Å². The Morgan fingerprint density at radius 1 is 1.13 bits per heavy atom. The number of nitrogens with zero attached hydrogens (tertiary/aromatic N) is 3. The van der Waals surface area contributed by atoms with Crippen molar-refractivity contribution in [2.24, 2.45) is 0 Å². The molecule has 3 aromatic rings. The summed E-state index contributed by atoms with van der Waals surface area (Å²) in [5.41, 5.74) is 2.56. The number of anilines is 1. The summed E-state index contributed by atoms with van der Waals surface area (Å²) in [5, 5.41) is 7.03. The third-order valence-corrected chi connectivity index (χ3v) is 3.18. The summed E-state index contributed by atoms with van der Waals surface area (Å²) >= 11 is 0. The number of amides is 1. The molecule has 3 rings (SSSR count). The van der Waals surface area contributed by atoms with Gasteiger partial charge in [-0.15, -0.1) is 0 Å². The molecule has 1 N–H and O–H groups in total. The van der Waals surface area contributed by atoms with E-state index in [-0.39, 0.29) is 5.91 Å². The number of pyridine rings is 1. The number of carbonyl (C=O) groups is 1. The van der Waals surface area contributed by atoms with E-state index in [0.717, 1.165) is 11.3 Å². The second-order valence-electron chi connectivity index (χ2n) is 4.99. The molecule has 114 valence electrons. The van der Waals surface area contributed by atoms with Crippen molar-refractivity contribution in [2.45, 2.75) is 6.54 Å². The SMILES string of the molecule is O=C(/C=C/c1ccccn1)Nc1cnn(Cc2ccccc2)c1. The normalized spacial score (nSPS) is 10.8. The van der Waals surface area contributed by atoms with E-state index in [1.807, 2.05) is 48.5 Å². The minimum absolute atomic E-state index is 0.213. The van der Waals surface area contributed by atoms with Crippen LogP contribution in [0.5, 0.6) is 0 Å². The highest BCUT2D eigenvalue weighted by molar-refractivity contribution is 6.01. The first kappa shape index (κ1) is 14.7. The van der Waals surface area contributed by atoms with E-state index in [1.54, 1.807) is 29.3 Å². The smallest absolute Gasteiger partial charge is 0.248 e. The monoisotopic (exact) mass is 304 g/mol. The van der Waals surface area contributed by atoms with Gasteiger partial charge in [-0.1, -0.05) is 36.4 Å². The molecule has 2 heterocycles. The molecule has 2 aromatic heterocycles. The maximum atomic E-state index is 11.9. The quantitative estimate of drug-likeness (QED) is 0.737. The van der Waals surface area contributed by atoms with Crippen LogP contribution in [0.2, 0.25) is 0 Å². The largest absolute Gasteiger partial charge is 0.320 e. The van der Waals surface area contributed by atoms with Gasteiger partial charge in [0.05, 0.1) is 24.1 Å². The Bertz CT molecular complexity index is 794. The summed E-state index contributed by atoms with van der Waals surface area (Å²) in [7, 11) is 0. The lowest BCUT2D eigenvalue weighted by Gasteiger charge is -2.01. The van der Waals surface area contributed by atoms with Crippen molar-refractivity contribution in [1.29, 1.82) is 0 Å². The molecule has 0 radical (unpaired) electrons. The molecule has 0 fully saturated rings. The molecule has 1 aromatic carbocycles. The third kappa shape index (κ3) is 4.38. The van der Waals surface area contributed by atoms with E-state index in [4.69, 9.17) is 0 Å². The molecule has 1 amide bonds. The number of nitrogens with one attached hydrogen (secondary N) is 1. The zero-order valence-corrected chi connectivity index (χ0v) is 12.5. The molecule has 5 nitrogen and oxygen atoms in total. The minimum atomic E-state index is -0.213. The first-order chi connectivity index (χ1) is 11.3. The topological polar surface area (TPSA) is 59.8 Å². The van der Waals surface area contributed by atoms with Crippen molar-refractivity contribution < 1.29 is 4.79 Å². The molecule has 0 atom stereocenters. The molecule has 23 heavy (non-hydrogen) atoms. The van der Waals surface area contributed by atoms with Crippen molar-refractivity contribution in [3.8, 4) is 0 Å². The first-order valence-corrected chi connectivity index (χ1v) is 7.26. The summed E-state index contributed by atoms with van der Waals surface area (Å²) < 4.78 is 1.79. The Morgan fingerprint density at radius 2 is 1.96 bits per heavy atom. The molecule has 0 aliphatic heterocycles. The summed E-state index contributed by atoms with van der Waals surface area (Å²) in [6.07, 6.45) is 8.25. The van der Waals surface area contributed by atoms with Crippen LogP contribution in [0.15, 0.2) is 73.2 Å². The highest BCUT2D eigenvalue weighted by Gasteiger charge is 2.02. The molecule has 0 aliphatic carbocycles. The first-order valence-electron chi connectivity index (χ1n) is 7.26. The molecule has 0 saturated carbocycles. The average Bonchev–Trinajstić information content (AvgIpc) is 3.02. The van der Waals surface area contributed by atoms with Crippen molar-refractivity contribution in [2.75, 3.05) is 5.32 Å². The fourth-order valence-electron chi connectivity index (χ4n) is 2.10. The molecule has 0 aliphatic rings. The van der Waals surface area contributed by atoms with Gasteiger partial charge >= 0.3 is 0 Å². The maximum Gasteiger partial charge on any atom is 0.248 e. The predicted molar refractivity (Wildman–Crippen MR) is 89.7 cm³/mol. The number of aromatic nitrogens is 3. The van der Waals surface area contributed by atoms with Gasteiger partial charge in [-0.3, -0.25) is 14.5 Å².